The second-order valence-corrected chi connectivity index (χ2v) is 3.55. The van der Waals surface area contributed by atoms with Gasteiger partial charge in [0.25, 0.3) is 5.91 Å². The van der Waals surface area contributed by atoms with Crippen LogP contribution in [0.4, 0.5) is 11.9 Å². The molecule has 0 aromatic carbocycles. The number of rotatable bonds is 6. The molecule has 0 unspecified atom stereocenters. The summed E-state index contributed by atoms with van der Waals surface area (Å²) in [6.45, 7) is 1.77. The third-order valence-corrected chi connectivity index (χ3v) is 2.16. The Hall–Kier alpha value is -3.24. The lowest BCUT2D eigenvalue weighted by molar-refractivity contribution is -0.139. The van der Waals surface area contributed by atoms with Crippen LogP contribution in [0.2, 0.25) is 0 Å². The fourth-order valence-electron chi connectivity index (χ4n) is 1.28. The number of H-pyrrole nitrogens is 2. The highest BCUT2D eigenvalue weighted by Crippen LogP contribution is 2.05. The molecular formula is C10H12N8O3. The van der Waals surface area contributed by atoms with Crippen molar-refractivity contribution < 1.29 is 14.3 Å². The van der Waals surface area contributed by atoms with E-state index in [2.05, 4.69) is 41.0 Å². The van der Waals surface area contributed by atoms with Crippen molar-refractivity contribution in [1.29, 1.82) is 0 Å². The van der Waals surface area contributed by atoms with Gasteiger partial charge in [-0.05, 0) is 6.92 Å². The van der Waals surface area contributed by atoms with Gasteiger partial charge < -0.3 is 10.1 Å². The number of nitrogens with zero attached hydrogens (tertiary/aromatic N) is 4. The Balaban J connectivity index is 2.12. The number of hydrogen-bond donors (Lipinski definition) is 4. The zero-order chi connectivity index (χ0) is 15.1. The van der Waals surface area contributed by atoms with Crippen molar-refractivity contribution in [2.24, 2.45) is 0 Å². The number of nitrogens with one attached hydrogen (secondary N) is 4. The number of aromatic nitrogens is 6. The number of ether oxygens (including phenoxy) is 1. The predicted octanol–water partition coefficient (Wildman–Crippen LogP) is -0.580. The molecule has 21 heavy (non-hydrogen) atoms. The topological polar surface area (TPSA) is 151 Å². The van der Waals surface area contributed by atoms with E-state index < -0.39 is 11.9 Å². The fourth-order valence-corrected chi connectivity index (χ4v) is 1.28. The van der Waals surface area contributed by atoms with Crippen LogP contribution in [-0.4, -0.2) is 48.8 Å². The van der Waals surface area contributed by atoms with Crippen molar-refractivity contribution in [3.63, 3.8) is 0 Å². The van der Waals surface area contributed by atoms with E-state index >= 15 is 0 Å². The Morgan fingerprint density at radius 2 is 1.90 bits per heavy atom. The van der Waals surface area contributed by atoms with E-state index in [0.29, 0.717) is 0 Å². The summed E-state index contributed by atoms with van der Waals surface area (Å²) in [6.07, 6.45) is 3.65. The first-order chi connectivity index (χ1) is 10.2. The molecule has 0 spiro atoms. The quantitative estimate of drug-likeness (QED) is 0.239. The minimum Gasteiger partial charge on any atom is -0.462 e. The maximum absolute atomic E-state index is 12.0. The van der Waals surface area contributed by atoms with Crippen LogP contribution >= 0.6 is 0 Å². The summed E-state index contributed by atoms with van der Waals surface area (Å²) in [7, 11) is 0. The lowest BCUT2D eigenvalue weighted by atomic mass is 10.2. The van der Waals surface area contributed by atoms with E-state index in [0.717, 1.165) is 6.20 Å². The van der Waals surface area contributed by atoms with Crippen LogP contribution in [-0.2, 0) is 14.3 Å². The molecule has 110 valence electrons. The average Bonchev–Trinajstić information content (AvgIpc) is 3.12. The van der Waals surface area contributed by atoms with Crippen LogP contribution in [0.15, 0.2) is 24.4 Å². The number of amides is 1. The summed E-state index contributed by atoms with van der Waals surface area (Å²) in [4.78, 5) is 31.3. The number of esters is 1. The molecule has 2 rings (SSSR count). The van der Waals surface area contributed by atoms with Crippen molar-refractivity contribution in [2.75, 3.05) is 17.2 Å². The van der Waals surface area contributed by atoms with Gasteiger partial charge in [-0.25, -0.2) is 15.0 Å². The molecule has 0 atom stereocenters. The average molecular weight is 292 g/mol. The van der Waals surface area contributed by atoms with Crippen LogP contribution in [0.25, 0.3) is 0 Å². The van der Waals surface area contributed by atoms with Crippen LogP contribution < -0.4 is 10.6 Å². The fraction of sp³-hybridized carbons (Fsp3) is 0.200. The van der Waals surface area contributed by atoms with Gasteiger partial charge in [-0.15, -0.1) is 0 Å². The highest BCUT2D eigenvalue weighted by molar-refractivity contribution is 6.20. The number of carbonyl (C=O) groups is 2. The van der Waals surface area contributed by atoms with Crippen molar-refractivity contribution in [3.05, 3.63) is 24.4 Å². The van der Waals surface area contributed by atoms with Crippen LogP contribution in [0.3, 0.4) is 0 Å². The molecule has 0 aliphatic rings. The summed E-state index contributed by atoms with van der Waals surface area (Å²) in [5.41, 5.74) is -0.260. The zero-order valence-corrected chi connectivity index (χ0v) is 11.0. The van der Waals surface area contributed by atoms with Gasteiger partial charge in [0.15, 0.2) is 0 Å². The lowest BCUT2D eigenvalue weighted by Gasteiger charge is -2.06. The van der Waals surface area contributed by atoms with Gasteiger partial charge in [-0.3, -0.25) is 10.1 Å². The SMILES string of the molecule is CCOC(=O)/C(=C/Nc1ncn[nH]1)C(=O)Nc1ncn[nH]1. The molecule has 0 saturated carbocycles. The Bertz CT molecular complexity index is 619. The molecule has 0 fully saturated rings. The Morgan fingerprint density at radius 1 is 1.24 bits per heavy atom. The lowest BCUT2D eigenvalue weighted by Crippen LogP contribution is -2.24. The highest BCUT2D eigenvalue weighted by atomic mass is 16.5. The summed E-state index contributed by atoms with van der Waals surface area (Å²) in [5, 5.41) is 17.2. The molecule has 11 nitrogen and oxygen atoms in total. The van der Waals surface area contributed by atoms with Gasteiger partial charge in [0.2, 0.25) is 11.9 Å². The monoisotopic (exact) mass is 292 g/mol. The van der Waals surface area contributed by atoms with E-state index in [1.807, 2.05) is 0 Å². The smallest absolute Gasteiger partial charge is 0.345 e. The summed E-state index contributed by atoms with van der Waals surface area (Å²) < 4.78 is 4.81. The third-order valence-electron chi connectivity index (χ3n) is 2.16. The number of carbonyl (C=O) groups excluding carboxylic acids is 2. The molecule has 2 heterocycles. The molecule has 11 heteroatoms. The molecule has 2 aromatic heterocycles. The maximum atomic E-state index is 12.0. The van der Waals surface area contributed by atoms with Crippen molar-refractivity contribution in [2.45, 2.75) is 6.92 Å². The second-order valence-electron chi connectivity index (χ2n) is 3.55. The number of aromatic amines is 2. The largest absolute Gasteiger partial charge is 0.462 e. The van der Waals surface area contributed by atoms with Gasteiger partial charge in [-0.1, -0.05) is 0 Å². The standard InChI is InChI=1S/C10H12N8O3/c1-2-21-8(20)6(3-11-9-12-4-14-17-9)7(19)16-10-13-5-15-18-10/h3-5H,2H2,1H3,(H2,11,12,14,17)(H2,13,15,16,18,19)/b6-3+. The molecule has 0 saturated heterocycles. The predicted molar refractivity (Wildman–Crippen MR) is 69.7 cm³/mol. The first kappa shape index (κ1) is 14.2. The van der Waals surface area contributed by atoms with E-state index in [4.69, 9.17) is 4.74 Å². The van der Waals surface area contributed by atoms with Crippen LogP contribution in [0.5, 0.6) is 0 Å². The van der Waals surface area contributed by atoms with E-state index in [1.54, 1.807) is 6.92 Å². The van der Waals surface area contributed by atoms with Crippen molar-refractivity contribution >= 4 is 23.8 Å². The van der Waals surface area contributed by atoms with Crippen LogP contribution in [0, 0.1) is 0 Å². The Morgan fingerprint density at radius 3 is 2.48 bits per heavy atom. The summed E-state index contributed by atoms with van der Waals surface area (Å²) >= 11 is 0. The van der Waals surface area contributed by atoms with E-state index in [-0.39, 0.29) is 24.1 Å². The molecular weight excluding hydrogens is 280 g/mol. The molecule has 0 aliphatic heterocycles. The molecule has 2 aromatic rings. The maximum Gasteiger partial charge on any atom is 0.345 e. The molecule has 1 amide bonds. The molecule has 0 bridgehead atoms. The normalized spacial score (nSPS) is 11.0. The van der Waals surface area contributed by atoms with Crippen molar-refractivity contribution in [3.8, 4) is 0 Å². The van der Waals surface area contributed by atoms with Gasteiger partial charge in [0, 0.05) is 6.20 Å². The van der Waals surface area contributed by atoms with Gasteiger partial charge in [0.1, 0.15) is 18.2 Å². The molecule has 0 aliphatic carbocycles. The second kappa shape index (κ2) is 6.79. The number of hydrogen-bond acceptors (Lipinski definition) is 8. The van der Waals surface area contributed by atoms with Gasteiger partial charge in [-0.2, -0.15) is 20.2 Å². The van der Waals surface area contributed by atoms with Gasteiger partial charge >= 0.3 is 5.97 Å². The molecule has 4 N–H and O–H groups in total. The minimum atomic E-state index is -0.790. The Labute approximate surface area is 118 Å². The molecule has 0 radical (unpaired) electrons. The third kappa shape index (κ3) is 3.86. The zero-order valence-electron chi connectivity index (χ0n) is 11.0. The minimum absolute atomic E-state index is 0.106. The van der Waals surface area contributed by atoms with Crippen LogP contribution in [0.1, 0.15) is 6.92 Å². The van der Waals surface area contributed by atoms with E-state index in [9.17, 15) is 9.59 Å². The first-order valence-corrected chi connectivity index (χ1v) is 5.86. The summed E-state index contributed by atoms with van der Waals surface area (Å²) in [6, 6.07) is 0. The van der Waals surface area contributed by atoms with Crippen molar-refractivity contribution in [1.82, 2.24) is 30.4 Å². The number of anilines is 2. The Kier molecular flexibility index (Phi) is 4.58. The summed E-state index contributed by atoms with van der Waals surface area (Å²) in [5.74, 6) is -1.13. The van der Waals surface area contributed by atoms with E-state index in [1.165, 1.54) is 12.7 Å². The highest BCUT2D eigenvalue weighted by Gasteiger charge is 2.20. The first-order valence-electron chi connectivity index (χ1n) is 5.86. The van der Waals surface area contributed by atoms with Gasteiger partial charge in [0.05, 0.1) is 6.61 Å².